The molecule has 25 heavy (non-hydrogen) atoms. The van der Waals surface area contributed by atoms with Crippen LogP contribution in [0, 0.1) is 0 Å². The maximum atomic E-state index is 13.2. The average Bonchev–Trinajstić information content (AvgIpc) is 3.11. The predicted octanol–water partition coefficient (Wildman–Crippen LogP) is 3.99. The van der Waals surface area contributed by atoms with Gasteiger partial charge < -0.3 is 9.47 Å². The summed E-state index contributed by atoms with van der Waals surface area (Å²) >= 11 is 3.36. The summed E-state index contributed by atoms with van der Waals surface area (Å²) in [5.41, 5.74) is 0.858. The molecule has 0 N–H and O–H groups in total. The van der Waals surface area contributed by atoms with Gasteiger partial charge in [0.1, 0.15) is 11.5 Å². The molecule has 1 saturated heterocycles. The molecule has 2 aromatic rings. The van der Waals surface area contributed by atoms with Gasteiger partial charge in [0.25, 0.3) is 0 Å². The summed E-state index contributed by atoms with van der Waals surface area (Å²) in [5.74, 6) is 1.32. The highest BCUT2D eigenvalue weighted by Gasteiger charge is 2.38. The van der Waals surface area contributed by atoms with Crippen molar-refractivity contribution >= 4 is 26.0 Å². The Kier molecular flexibility index (Phi) is 5.36. The maximum absolute atomic E-state index is 13.2. The molecule has 1 atom stereocenters. The average molecular weight is 426 g/mol. The summed E-state index contributed by atoms with van der Waals surface area (Å²) in [6.45, 7) is 0.490. The second kappa shape index (κ2) is 7.35. The van der Waals surface area contributed by atoms with Crippen LogP contribution in [-0.4, -0.2) is 33.5 Å². The van der Waals surface area contributed by atoms with Crippen LogP contribution in [0.3, 0.4) is 0 Å². The topological polar surface area (TPSA) is 55.8 Å². The molecule has 1 fully saturated rings. The van der Waals surface area contributed by atoms with Crippen molar-refractivity contribution in [2.24, 2.45) is 0 Å². The van der Waals surface area contributed by atoms with E-state index in [9.17, 15) is 8.42 Å². The Balaban J connectivity index is 2.03. The first-order valence-electron chi connectivity index (χ1n) is 7.97. The Morgan fingerprint density at radius 3 is 2.56 bits per heavy atom. The van der Waals surface area contributed by atoms with Crippen LogP contribution in [0.2, 0.25) is 0 Å². The normalized spacial score (nSPS) is 18.3. The van der Waals surface area contributed by atoms with Crippen LogP contribution >= 0.6 is 15.9 Å². The number of methoxy groups -OCH3 is 2. The third kappa shape index (κ3) is 3.41. The fraction of sp³-hybridized carbons (Fsp3) is 0.333. The Bertz CT molecular complexity index is 869. The lowest BCUT2D eigenvalue weighted by Gasteiger charge is -2.26. The third-order valence-electron chi connectivity index (χ3n) is 4.43. The number of rotatable bonds is 5. The van der Waals surface area contributed by atoms with E-state index in [4.69, 9.17) is 9.47 Å². The highest BCUT2D eigenvalue weighted by Crippen LogP contribution is 2.42. The molecule has 0 aromatic heterocycles. The van der Waals surface area contributed by atoms with E-state index < -0.39 is 10.0 Å². The van der Waals surface area contributed by atoms with Crippen molar-refractivity contribution in [3.05, 3.63) is 52.5 Å². The fourth-order valence-corrected chi connectivity index (χ4v) is 5.85. The Morgan fingerprint density at radius 1 is 1.12 bits per heavy atom. The molecule has 1 heterocycles. The van der Waals surface area contributed by atoms with Crippen LogP contribution in [0.4, 0.5) is 0 Å². The van der Waals surface area contributed by atoms with E-state index >= 15 is 0 Å². The lowest BCUT2D eigenvalue weighted by atomic mass is 10.0. The third-order valence-corrected chi connectivity index (χ3v) is 7.35. The van der Waals surface area contributed by atoms with Crippen LogP contribution in [0.25, 0.3) is 0 Å². The van der Waals surface area contributed by atoms with Gasteiger partial charge in [0.05, 0.1) is 25.2 Å². The first-order valence-corrected chi connectivity index (χ1v) is 10.2. The Hall–Kier alpha value is -1.57. The van der Waals surface area contributed by atoms with Crippen molar-refractivity contribution < 1.29 is 17.9 Å². The van der Waals surface area contributed by atoms with E-state index in [2.05, 4.69) is 15.9 Å². The van der Waals surface area contributed by atoms with Gasteiger partial charge in [0.2, 0.25) is 10.0 Å². The molecular weight excluding hydrogens is 406 g/mol. The van der Waals surface area contributed by atoms with Crippen LogP contribution < -0.4 is 9.47 Å². The van der Waals surface area contributed by atoms with Gasteiger partial charge in [-0.05, 0) is 47.0 Å². The smallest absolute Gasteiger partial charge is 0.244 e. The lowest BCUT2D eigenvalue weighted by Crippen LogP contribution is -2.31. The summed E-state index contributed by atoms with van der Waals surface area (Å²) in [4.78, 5) is 0.286. The zero-order chi connectivity index (χ0) is 18.0. The summed E-state index contributed by atoms with van der Waals surface area (Å²) < 4.78 is 39.2. The summed E-state index contributed by atoms with van der Waals surface area (Å²) in [7, 11) is -0.434. The SMILES string of the molecule is COc1ccc([C@H]2CCCN2S(=O)(=O)c2ccccc2Br)c(OC)c1. The van der Waals surface area contributed by atoms with Gasteiger partial charge in [-0.3, -0.25) is 0 Å². The van der Waals surface area contributed by atoms with E-state index in [1.165, 1.54) is 0 Å². The molecule has 3 rings (SSSR count). The first-order chi connectivity index (χ1) is 12.0. The van der Waals surface area contributed by atoms with Crippen LogP contribution in [0.15, 0.2) is 51.8 Å². The summed E-state index contributed by atoms with van der Waals surface area (Å²) in [6.07, 6.45) is 1.57. The number of halogens is 1. The summed E-state index contributed by atoms with van der Waals surface area (Å²) in [5, 5.41) is 0. The number of ether oxygens (including phenoxy) is 2. The van der Waals surface area contributed by atoms with Gasteiger partial charge in [0, 0.05) is 22.6 Å². The van der Waals surface area contributed by atoms with Crippen molar-refractivity contribution in [2.45, 2.75) is 23.8 Å². The van der Waals surface area contributed by atoms with Crippen LogP contribution in [0.1, 0.15) is 24.4 Å². The zero-order valence-electron chi connectivity index (χ0n) is 14.1. The van der Waals surface area contributed by atoms with E-state index in [0.29, 0.717) is 22.5 Å². The minimum absolute atomic E-state index is 0.252. The number of hydrogen-bond donors (Lipinski definition) is 0. The van der Waals surface area contributed by atoms with Gasteiger partial charge in [-0.2, -0.15) is 4.31 Å². The highest BCUT2D eigenvalue weighted by molar-refractivity contribution is 9.10. The standard InChI is InChI=1S/C18H20BrNO4S/c1-23-13-9-10-14(17(12-13)24-2)16-7-5-11-20(16)25(21,22)18-8-4-3-6-15(18)19/h3-4,6,8-10,12,16H,5,7,11H2,1-2H3/t16-/m1/s1. The maximum Gasteiger partial charge on any atom is 0.244 e. The molecule has 7 heteroatoms. The molecule has 5 nitrogen and oxygen atoms in total. The second-order valence-electron chi connectivity index (χ2n) is 5.81. The minimum Gasteiger partial charge on any atom is -0.497 e. The Morgan fingerprint density at radius 2 is 1.88 bits per heavy atom. The predicted molar refractivity (Wildman–Crippen MR) is 99.6 cm³/mol. The molecule has 2 aromatic carbocycles. The monoisotopic (exact) mass is 425 g/mol. The van der Waals surface area contributed by atoms with E-state index in [0.717, 1.165) is 18.4 Å². The van der Waals surface area contributed by atoms with Gasteiger partial charge in [-0.15, -0.1) is 0 Å². The second-order valence-corrected chi connectivity index (χ2v) is 8.53. The first kappa shape index (κ1) is 18.2. The molecule has 0 saturated carbocycles. The van der Waals surface area contributed by atoms with Crippen LogP contribution in [-0.2, 0) is 10.0 Å². The van der Waals surface area contributed by atoms with Crippen molar-refractivity contribution in [3.63, 3.8) is 0 Å². The molecule has 134 valence electrons. The lowest BCUT2D eigenvalue weighted by molar-refractivity contribution is 0.361. The van der Waals surface area contributed by atoms with Crippen molar-refractivity contribution in [3.8, 4) is 11.5 Å². The van der Waals surface area contributed by atoms with Gasteiger partial charge in [-0.25, -0.2) is 8.42 Å². The molecule has 0 radical (unpaired) electrons. The summed E-state index contributed by atoms with van der Waals surface area (Å²) in [6, 6.07) is 12.2. The largest absolute Gasteiger partial charge is 0.497 e. The van der Waals surface area contributed by atoms with Gasteiger partial charge in [-0.1, -0.05) is 18.2 Å². The molecular formula is C18H20BrNO4S. The fourth-order valence-electron chi connectivity index (χ4n) is 3.21. The van der Waals surface area contributed by atoms with Crippen molar-refractivity contribution in [1.29, 1.82) is 0 Å². The number of benzene rings is 2. The highest BCUT2D eigenvalue weighted by atomic mass is 79.9. The van der Waals surface area contributed by atoms with E-state index in [-0.39, 0.29) is 10.9 Å². The number of sulfonamides is 1. The molecule has 1 aliphatic heterocycles. The Labute approximate surface area is 156 Å². The molecule has 0 amide bonds. The molecule has 0 aliphatic carbocycles. The van der Waals surface area contributed by atoms with Crippen molar-refractivity contribution in [2.75, 3.05) is 20.8 Å². The minimum atomic E-state index is -3.61. The molecule has 0 spiro atoms. The van der Waals surface area contributed by atoms with E-state index in [1.807, 2.05) is 12.1 Å². The molecule has 1 aliphatic rings. The van der Waals surface area contributed by atoms with Crippen LogP contribution in [0.5, 0.6) is 11.5 Å². The van der Waals surface area contributed by atoms with E-state index in [1.54, 1.807) is 48.9 Å². The van der Waals surface area contributed by atoms with Gasteiger partial charge in [0.15, 0.2) is 0 Å². The molecule has 0 unspecified atom stereocenters. The quantitative estimate of drug-likeness (QED) is 0.726. The number of hydrogen-bond acceptors (Lipinski definition) is 4. The van der Waals surface area contributed by atoms with Crippen molar-refractivity contribution in [1.82, 2.24) is 4.31 Å². The number of nitrogens with zero attached hydrogens (tertiary/aromatic N) is 1. The van der Waals surface area contributed by atoms with Gasteiger partial charge >= 0.3 is 0 Å². The zero-order valence-corrected chi connectivity index (χ0v) is 16.5. The molecule has 0 bridgehead atoms.